The molecule has 1 atom stereocenters. The molecule has 154 valence electrons. The van der Waals surface area contributed by atoms with Crippen molar-refractivity contribution in [2.45, 2.75) is 44.5 Å². The van der Waals surface area contributed by atoms with Gasteiger partial charge in [-0.05, 0) is 24.8 Å². The Kier molecular flexibility index (Phi) is 5.49. The van der Waals surface area contributed by atoms with Gasteiger partial charge in [0.05, 0.1) is 11.1 Å². The first-order valence-electron chi connectivity index (χ1n) is 9.56. The quantitative estimate of drug-likeness (QED) is 0.350. The zero-order valence-electron chi connectivity index (χ0n) is 16.8. The third-order valence-electron chi connectivity index (χ3n) is 5.12. The van der Waals surface area contributed by atoms with Crippen LogP contribution < -0.4 is 11.1 Å². The number of aryl methyl sites for hydroxylation is 1. The third-order valence-corrected chi connectivity index (χ3v) is 7.07. The van der Waals surface area contributed by atoms with Crippen LogP contribution >= 0.6 is 23.1 Å². The molecule has 1 unspecified atom stereocenters. The van der Waals surface area contributed by atoms with Gasteiger partial charge < -0.3 is 4.98 Å². The molecule has 0 saturated heterocycles. The lowest BCUT2D eigenvalue weighted by Crippen LogP contribution is -2.15. The van der Waals surface area contributed by atoms with Crippen molar-refractivity contribution < 1.29 is 0 Å². The molecule has 2 N–H and O–H groups in total. The number of nitrogens with one attached hydrogen (secondary N) is 2. The molecule has 0 saturated carbocycles. The summed E-state index contributed by atoms with van der Waals surface area (Å²) in [6.45, 7) is 6.37. The summed E-state index contributed by atoms with van der Waals surface area (Å²) in [4.78, 5) is 38.8. The van der Waals surface area contributed by atoms with Gasteiger partial charge in [0.2, 0.25) is 0 Å². The summed E-state index contributed by atoms with van der Waals surface area (Å²) in [5, 5.41) is 13.0. The van der Waals surface area contributed by atoms with Crippen molar-refractivity contribution in [3.05, 3.63) is 54.7 Å². The number of fused-ring (bicyclic) bond motifs is 2. The monoisotopic (exact) mass is 440 g/mol. The van der Waals surface area contributed by atoms with E-state index in [4.69, 9.17) is 5.26 Å². The molecule has 0 bridgehead atoms. The second-order valence-corrected chi connectivity index (χ2v) is 9.41. The van der Waals surface area contributed by atoms with E-state index >= 15 is 0 Å². The lowest BCUT2D eigenvalue weighted by atomic mass is 9.98. The summed E-state index contributed by atoms with van der Waals surface area (Å²) in [5.74, 6) is 0.849. The Morgan fingerprint density at radius 1 is 1.37 bits per heavy atom. The highest BCUT2D eigenvalue weighted by molar-refractivity contribution is 7.98. The lowest BCUT2D eigenvalue weighted by Gasteiger charge is -2.08. The highest BCUT2D eigenvalue weighted by atomic mass is 32.2. The average molecular weight is 441 g/mol. The van der Waals surface area contributed by atoms with Gasteiger partial charge in [0.1, 0.15) is 16.5 Å². The van der Waals surface area contributed by atoms with Crippen molar-refractivity contribution in [2.24, 2.45) is 5.92 Å². The first-order chi connectivity index (χ1) is 14.4. The molecule has 4 aromatic heterocycles. The number of hydrogen-bond donors (Lipinski definition) is 2. The van der Waals surface area contributed by atoms with Crippen LogP contribution in [0.4, 0.5) is 0 Å². The molecule has 0 aliphatic heterocycles. The zero-order chi connectivity index (χ0) is 21.4. The predicted octanol–water partition coefficient (Wildman–Crippen LogP) is 3.38. The number of thiophene rings is 1. The van der Waals surface area contributed by atoms with E-state index < -0.39 is 0 Å². The minimum Gasteiger partial charge on any atom is -0.301 e. The lowest BCUT2D eigenvalue weighted by molar-refractivity contribution is 0.561. The summed E-state index contributed by atoms with van der Waals surface area (Å²) in [6, 6.07) is 3.42. The van der Waals surface area contributed by atoms with Gasteiger partial charge in [0.25, 0.3) is 11.1 Å². The standard InChI is InChI=1S/C20H20N6O2S2/c1-4-10(2)5-14-11(3)30-19-16(14)18(28)24-20(25-19)29-9-13-6-15(27)26-17(23-13)12(7-21)8-22-26/h6,8,10,22H,4-5,9H2,1-3H3,(H,24,25,28). The van der Waals surface area contributed by atoms with Crippen molar-refractivity contribution in [2.75, 3.05) is 0 Å². The van der Waals surface area contributed by atoms with Gasteiger partial charge in [-0.15, -0.1) is 11.3 Å². The van der Waals surface area contributed by atoms with E-state index in [-0.39, 0.29) is 11.1 Å². The molecule has 0 fully saturated rings. The van der Waals surface area contributed by atoms with Gasteiger partial charge >= 0.3 is 0 Å². The first-order valence-corrected chi connectivity index (χ1v) is 11.4. The van der Waals surface area contributed by atoms with Crippen LogP contribution in [0.2, 0.25) is 0 Å². The molecule has 0 aromatic carbocycles. The minimum atomic E-state index is -0.294. The van der Waals surface area contributed by atoms with Gasteiger partial charge in [-0.3, -0.25) is 14.7 Å². The number of aromatic nitrogens is 5. The second kappa shape index (κ2) is 8.08. The molecule has 0 aliphatic rings. The predicted molar refractivity (Wildman–Crippen MR) is 118 cm³/mol. The number of thioether (sulfide) groups is 1. The molecule has 0 aliphatic carbocycles. The van der Waals surface area contributed by atoms with Crippen LogP contribution in [0, 0.1) is 24.2 Å². The molecule has 0 radical (unpaired) electrons. The van der Waals surface area contributed by atoms with Gasteiger partial charge in [-0.25, -0.2) is 14.5 Å². The molecule has 4 heterocycles. The van der Waals surface area contributed by atoms with Crippen LogP contribution in [0.5, 0.6) is 0 Å². The van der Waals surface area contributed by atoms with Crippen molar-refractivity contribution in [1.29, 1.82) is 5.26 Å². The Bertz CT molecular complexity index is 1410. The van der Waals surface area contributed by atoms with Gasteiger partial charge in [-0.2, -0.15) is 5.26 Å². The van der Waals surface area contributed by atoms with E-state index in [1.165, 1.54) is 39.9 Å². The third kappa shape index (κ3) is 3.66. The fourth-order valence-corrected chi connectivity index (χ4v) is 5.15. The van der Waals surface area contributed by atoms with E-state index in [1.807, 2.05) is 13.0 Å². The molecule has 0 spiro atoms. The Labute approximate surface area is 180 Å². The van der Waals surface area contributed by atoms with E-state index in [1.54, 1.807) is 0 Å². The van der Waals surface area contributed by atoms with E-state index in [0.29, 0.717) is 39.1 Å². The SMILES string of the molecule is CCC(C)Cc1c(C)sc2nc(SCc3cc(=O)n4[nH]cc(C#N)c4n3)[nH]c(=O)c12. The van der Waals surface area contributed by atoms with E-state index in [9.17, 15) is 9.59 Å². The number of hydrogen-bond acceptors (Lipinski definition) is 7. The molecule has 10 heteroatoms. The molecular formula is C20H20N6O2S2. The number of H-pyrrole nitrogens is 2. The first kappa shape index (κ1) is 20.4. The maximum absolute atomic E-state index is 12.8. The maximum Gasteiger partial charge on any atom is 0.272 e. The topological polar surface area (TPSA) is 120 Å². The van der Waals surface area contributed by atoms with Crippen LogP contribution in [0.1, 0.15) is 42.0 Å². The normalized spacial score (nSPS) is 12.5. The maximum atomic E-state index is 12.8. The molecule has 8 nitrogen and oxygen atoms in total. The summed E-state index contributed by atoms with van der Waals surface area (Å²) in [7, 11) is 0. The number of nitriles is 1. The van der Waals surface area contributed by atoms with Crippen LogP contribution in [0.15, 0.2) is 27.0 Å². The highest BCUT2D eigenvalue weighted by Gasteiger charge is 2.17. The van der Waals surface area contributed by atoms with Crippen LogP contribution in [-0.2, 0) is 12.2 Å². The fourth-order valence-electron chi connectivity index (χ4n) is 3.29. The molecular weight excluding hydrogens is 420 g/mol. The number of aromatic amines is 2. The second-order valence-electron chi connectivity index (χ2n) is 7.24. The minimum absolute atomic E-state index is 0.133. The van der Waals surface area contributed by atoms with Crippen molar-refractivity contribution in [1.82, 2.24) is 24.6 Å². The van der Waals surface area contributed by atoms with Gasteiger partial charge in [0, 0.05) is 22.9 Å². The Morgan fingerprint density at radius 2 is 2.17 bits per heavy atom. The van der Waals surface area contributed by atoms with Crippen LogP contribution in [0.3, 0.4) is 0 Å². The molecule has 4 rings (SSSR count). The average Bonchev–Trinajstić information content (AvgIpc) is 3.27. The Hall–Kier alpha value is -2.90. The van der Waals surface area contributed by atoms with Crippen molar-refractivity contribution >= 4 is 39.0 Å². The van der Waals surface area contributed by atoms with Crippen LogP contribution in [-0.4, -0.2) is 24.6 Å². The highest BCUT2D eigenvalue weighted by Crippen LogP contribution is 2.31. The molecule has 0 amide bonds. The molecule has 4 aromatic rings. The Balaban J connectivity index is 1.64. The van der Waals surface area contributed by atoms with Gasteiger partial charge in [-0.1, -0.05) is 32.0 Å². The fraction of sp³-hybridized carbons (Fsp3) is 0.350. The van der Waals surface area contributed by atoms with Crippen LogP contribution in [0.25, 0.3) is 15.9 Å². The summed E-state index contributed by atoms with van der Waals surface area (Å²) in [6.07, 6.45) is 3.37. The summed E-state index contributed by atoms with van der Waals surface area (Å²) in [5.41, 5.74) is 1.77. The number of rotatable bonds is 6. The molecule has 30 heavy (non-hydrogen) atoms. The van der Waals surface area contributed by atoms with Crippen molar-refractivity contribution in [3.63, 3.8) is 0 Å². The summed E-state index contributed by atoms with van der Waals surface area (Å²) < 4.78 is 1.23. The van der Waals surface area contributed by atoms with Crippen molar-refractivity contribution in [3.8, 4) is 6.07 Å². The zero-order valence-corrected chi connectivity index (χ0v) is 18.4. The number of nitrogens with zero attached hydrogens (tertiary/aromatic N) is 4. The largest absolute Gasteiger partial charge is 0.301 e. The Morgan fingerprint density at radius 3 is 2.90 bits per heavy atom. The smallest absolute Gasteiger partial charge is 0.272 e. The van der Waals surface area contributed by atoms with E-state index in [0.717, 1.165) is 28.1 Å². The van der Waals surface area contributed by atoms with Gasteiger partial charge in [0.15, 0.2) is 10.8 Å². The van der Waals surface area contributed by atoms with E-state index in [2.05, 4.69) is 33.9 Å². The summed E-state index contributed by atoms with van der Waals surface area (Å²) >= 11 is 2.84.